The number of hydrogen-bond acceptors (Lipinski definition) is 1. The topological polar surface area (TPSA) is 29.1 Å². The van der Waals surface area contributed by atoms with Gasteiger partial charge in [0.2, 0.25) is 0 Å². The molecule has 0 radical (unpaired) electrons. The molecule has 1 unspecified atom stereocenters. The molecule has 0 saturated heterocycles. The van der Waals surface area contributed by atoms with Crippen LogP contribution in [0.25, 0.3) is 0 Å². The summed E-state index contributed by atoms with van der Waals surface area (Å²) in [7, 11) is -1.07. The van der Waals surface area contributed by atoms with E-state index in [1.54, 1.807) is 0 Å². The maximum absolute atomic E-state index is 11.8. The van der Waals surface area contributed by atoms with Crippen LogP contribution in [0, 0.1) is 0 Å². The summed E-state index contributed by atoms with van der Waals surface area (Å²) in [5.74, 6) is 0. The van der Waals surface area contributed by atoms with Gasteiger partial charge in [0.1, 0.15) is 11.0 Å². The van der Waals surface area contributed by atoms with Crippen molar-refractivity contribution in [2.24, 2.45) is 0 Å². The Morgan fingerprint density at radius 1 is 1.36 bits per heavy atom. The van der Waals surface area contributed by atoms with Gasteiger partial charge in [-0.3, -0.25) is 0 Å². The van der Waals surface area contributed by atoms with Crippen molar-refractivity contribution in [2.75, 3.05) is 0 Å². The molecule has 1 aliphatic carbocycles. The van der Waals surface area contributed by atoms with Gasteiger partial charge in [0, 0.05) is 10.0 Å². The van der Waals surface area contributed by atoms with Crippen LogP contribution in [0.1, 0.15) is 19.8 Å². The molecule has 0 heterocycles. The molecule has 0 aromatic heterocycles. The Bertz CT molecular complexity index is 359. The van der Waals surface area contributed by atoms with E-state index in [4.69, 9.17) is 0 Å². The maximum Gasteiger partial charge on any atom is 0.125 e. The lowest BCUT2D eigenvalue weighted by Crippen LogP contribution is -2.29. The Kier molecular flexibility index (Phi) is 2.77. The minimum atomic E-state index is -1.07. The zero-order valence-electron chi connectivity index (χ0n) is 7.92. The van der Waals surface area contributed by atoms with E-state index in [-0.39, 0.29) is 5.54 Å². The van der Waals surface area contributed by atoms with Crippen LogP contribution in [0.4, 0.5) is 0 Å². The van der Waals surface area contributed by atoms with Crippen molar-refractivity contribution in [2.45, 2.75) is 30.2 Å². The summed E-state index contributed by atoms with van der Waals surface area (Å²) in [6.07, 6.45) is 2.24. The Morgan fingerprint density at radius 2 is 1.93 bits per heavy atom. The average molecular weight is 274 g/mol. The molecule has 0 spiro atoms. The zero-order valence-corrected chi connectivity index (χ0v) is 10.3. The summed E-state index contributed by atoms with van der Waals surface area (Å²) in [4.78, 5) is 0.835. The molecule has 1 aliphatic rings. The molecule has 1 N–H and O–H groups in total. The Balaban J connectivity index is 2.07. The van der Waals surface area contributed by atoms with Gasteiger partial charge in [-0.25, -0.2) is 8.93 Å². The van der Waals surface area contributed by atoms with Gasteiger partial charge < -0.3 is 0 Å². The lowest BCUT2D eigenvalue weighted by molar-refractivity contribution is 0.634. The van der Waals surface area contributed by atoms with Gasteiger partial charge in [-0.1, -0.05) is 15.9 Å². The molecule has 1 saturated carbocycles. The molecule has 4 heteroatoms. The molecule has 0 aliphatic heterocycles. The lowest BCUT2D eigenvalue weighted by atomic mass is 10.4. The molecule has 0 amide bonds. The standard InChI is InChI=1S/C10H12BrNOS/c1-10(6-7-10)12-14(13)9-4-2-8(11)3-5-9/h2-5,12H,6-7H2,1H3. The van der Waals surface area contributed by atoms with E-state index in [2.05, 4.69) is 27.6 Å². The summed E-state index contributed by atoms with van der Waals surface area (Å²) in [5, 5.41) is 0. The third-order valence-electron chi connectivity index (χ3n) is 2.37. The number of rotatable bonds is 3. The molecule has 76 valence electrons. The maximum atomic E-state index is 11.8. The summed E-state index contributed by atoms with van der Waals surface area (Å²) >= 11 is 3.35. The van der Waals surface area contributed by atoms with E-state index >= 15 is 0 Å². The van der Waals surface area contributed by atoms with Crippen LogP contribution in [-0.2, 0) is 11.0 Å². The molecule has 1 atom stereocenters. The van der Waals surface area contributed by atoms with Crippen molar-refractivity contribution in [1.82, 2.24) is 4.72 Å². The van der Waals surface area contributed by atoms with Crippen molar-refractivity contribution < 1.29 is 4.21 Å². The Hall–Kier alpha value is -0.190. The highest BCUT2D eigenvalue weighted by molar-refractivity contribution is 9.10. The Labute approximate surface area is 94.8 Å². The van der Waals surface area contributed by atoms with E-state index in [1.165, 1.54) is 0 Å². The first kappa shape index (κ1) is 10.3. The lowest BCUT2D eigenvalue weighted by Gasteiger charge is -2.10. The van der Waals surface area contributed by atoms with Crippen LogP contribution in [-0.4, -0.2) is 9.75 Å². The third kappa shape index (κ3) is 2.43. The van der Waals surface area contributed by atoms with Crippen molar-refractivity contribution in [3.05, 3.63) is 28.7 Å². The van der Waals surface area contributed by atoms with Gasteiger partial charge in [0.25, 0.3) is 0 Å². The van der Waals surface area contributed by atoms with Gasteiger partial charge in [0.05, 0.1) is 4.90 Å². The minimum Gasteiger partial charge on any atom is -0.237 e. The Morgan fingerprint density at radius 3 is 2.43 bits per heavy atom. The monoisotopic (exact) mass is 273 g/mol. The van der Waals surface area contributed by atoms with Crippen LogP contribution in [0.5, 0.6) is 0 Å². The van der Waals surface area contributed by atoms with Crippen LogP contribution in [0.3, 0.4) is 0 Å². The fourth-order valence-corrected chi connectivity index (χ4v) is 2.55. The van der Waals surface area contributed by atoms with Gasteiger partial charge in [-0.15, -0.1) is 0 Å². The third-order valence-corrected chi connectivity index (χ3v) is 4.27. The molecule has 1 aromatic carbocycles. The first-order chi connectivity index (χ1) is 6.59. The number of halogens is 1. The molecule has 1 fully saturated rings. The highest BCUT2D eigenvalue weighted by Crippen LogP contribution is 2.35. The first-order valence-electron chi connectivity index (χ1n) is 4.54. The number of benzene rings is 1. The van der Waals surface area contributed by atoms with Crippen molar-refractivity contribution in [3.63, 3.8) is 0 Å². The molecule has 0 bridgehead atoms. The summed E-state index contributed by atoms with van der Waals surface area (Å²) < 4.78 is 15.9. The normalized spacial score (nSPS) is 20.4. The van der Waals surface area contributed by atoms with Crippen molar-refractivity contribution in [3.8, 4) is 0 Å². The summed E-state index contributed by atoms with van der Waals surface area (Å²) in [6, 6.07) is 7.56. The van der Waals surface area contributed by atoms with E-state index in [1.807, 2.05) is 24.3 Å². The highest BCUT2D eigenvalue weighted by atomic mass is 79.9. The second kappa shape index (κ2) is 3.76. The molecule has 1 aromatic rings. The highest BCUT2D eigenvalue weighted by Gasteiger charge is 2.38. The smallest absolute Gasteiger partial charge is 0.125 e. The quantitative estimate of drug-likeness (QED) is 0.902. The van der Waals surface area contributed by atoms with Crippen molar-refractivity contribution >= 4 is 26.9 Å². The fourth-order valence-electron chi connectivity index (χ4n) is 1.13. The van der Waals surface area contributed by atoms with E-state index < -0.39 is 11.0 Å². The number of nitrogens with one attached hydrogen (secondary N) is 1. The van der Waals surface area contributed by atoms with E-state index in [0.717, 1.165) is 22.2 Å². The largest absolute Gasteiger partial charge is 0.237 e. The molecule has 2 nitrogen and oxygen atoms in total. The SMILES string of the molecule is CC1(NS(=O)c2ccc(Br)cc2)CC1. The predicted octanol–water partition coefficient (Wildman–Crippen LogP) is 2.61. The van der Waals surface area contributed by atoms with Crippen LogP contribution >= 0.6 is 15.9 Å². The predicted molar refractivity (Wildman–Crippen MR) is 61.3 cm³/mol. The average Bonchev–Trinajstić information content (AvgIpc) is 2.84. The number of hydrogen-bond donors (Lipinski definition) is 1. The second-order valence-corrected chi connectivity index (χ2v) is 6.01. The van der Waals surface area contributed by atoms with Gasteiger partial charge in [-0.2, -0.15) is 0 Å². The van der Waals surface area contributed by atoms with Crippen molar-refractivity contribution in [1.29, 1.82) is 0 Å². The molecular weight excluding hydrogens is 262 g/mol. The summed E-state index contributed by atoms with van der Waals surface area (Å²) in [6.45, 7) is 2.10. The fraction of sp³-hybridized carbons (Fsp3) is 0.400. The van der Waals surface area contributed by atoms with Gasteiger partial charge >= 0.3 is 0 Å². The van der Waals surface area contributed by atoms with Gasteiger partial charge in [0.15, 0.2) is 0 Å². The van der Waals surface area contributed by atoms with Crippen LogP contribution in [0.15, 0.2) is 33.6 Å². The molecule has 2 rings (SSSR count). The molecular formula is C10H12BrNOS. The summed E-state index contributed by atoms with van der Waals surface area (Å²) in [5.41, 5.74) is 0.109. The van der Waals surface area contributed by atoms with Crippen LogP contribution < -0.4 is 4.72 Å². The van der Waals surface area contributed by atoms with E-state index in [0.29, 0.717) is 0 Å². The van der Waals surface area contributed by atoms with Crippen LogP contribution in [0.2, 0.25) is 0 Å². The van der Waals surface area contributed by atoms with Gasteiger partial charge in [-0.05, 0) is 44.0 Å². The van der Waals surface area contributed by atoms with E-state index in [9.17, 15) is 4.21 Å². The second-order valence-electron chi connectivity index (χ2n) is 3.89. The minimum absolute atomic E-state index is 0.109. The first-order valence-corrected chi connectivity index (χ1v) is 6.49. The zero-order chi connectivity index (χ0) is 10.2. The molecule has 14 heavy (non-hydrogen) atoms.